The van der Waals surface area contributed by atoms with E-state index in [1.807, 2.05) is 0 Å². The molecule has 3 heteroatoms. The molecule has 0 amide bonds. The summed E-state index contributed by atoms with van der Waals surface area (Å²) in [4.78, 5) is 4.35. The van der Waals surface area contributed by atoms with Gasteiger partial charge in [0.1, 0.15) is 0 Å². The van der Waals surface area contributed by atoms with E-state index in [-0.39, 0.29) is 0 Å². The van der Waals surface area contributed by atoms with Crippen molar-refractivity contribution in [2.45, 2.75) is 23.6 Å². The molecule has 0 aromatic heterocycles. The van der Waals surface area contributed by atoms with Gasteiger partial charge in [0.05, 0.1) is 0 Å². The summed E-state index contributed by atoms with van der Waals surface area (Å²) in [6.45, 7) is 0. The molecule has 1 aliphatic carbocycles. The second kappa shape index (κ2) is 9.42. The molecule has 2 nitrogen and oxygen atoms in total. The van der Waals surface area contributed by atoms with Gasteiger partial charge in [-0.25, -0.2) is 0 Å². The average Bonchev–Trinajstić information content (AvgIpc) is 2.64. The number of hydrogen-bond acceptors (Lipinski definition) is 2. The third-order valence-corrected chi connectivity index (χ3v) is 11.6. The van der Waals surface area contributed by atoms with Crippen LogP contribution in [0.15, 0.2) is 72.8 Å². The van der Waals surface area contributed by atoms with Crippen molar-refractivity contribution in [3.8, 4) is 0 Å². The number of anilines is 2. The zero-order chi connectivity index (χ0) is 19.2. The monoisotopic (exact) mass is 542 g/mol. The predicted molar refractivity (Wildman–Crippen MR) is 117 cm³/mol. The maximum atomic E-state index is 2.51. The van der Waals surface area contributed by atoms with Crippen LogP contribution in [0, 0.1) is 0 Å². The Hall–Kier alpha value is -1.79. The van der Waals surface area contributed by atoms with Gasteiger partial charge in [-0.3, -0.25) is 0 Å². The van der Waals surface area contributed by atoms with Crippen molar-refractivity contribution in [2.75, 3.05) is 38.0 Å². The molecule has 0 aliphatic heterocycles. The quantitative estimate of drug-likeness (QED) is 0.515. The van der Waals surface area contributed by atoms with E-state index in [9.17, 15) is 0 Å². The zero-order valence-electron chi connectivity index (χ0n) is 16.8. The zero-order valence-corrected chi connectivity index (χ0v) is 19.1. The van der Waals surface area contributed by atoms with Crippen molar-refractivity contribution in [3.63, 3.8) is 0 Å². The summed E-state index contributed by atoms with van der Waals surface area (Å²) in [7, 11) is 8.42. The summed E-state index contributed by atoms with van der Waals surface area (Å²) < 4.78 is 3.74. The van der Waals surface area contributed by atoms with Crippen LogP contribution in [0.5, 0.6) is 0 Å². The van der Waals surface area contributed by atoms with E-state index in [1.165, 1.54) is 17.8 Å². The van der Waals surface area contributed by atoms with Crippen molar-refractivity contribution < 1.29 is 17.3 Å². The first-order chi connectivity index (χ1) is 13.1. The third kappa shape index (κ3) is 5.14. The molecule has 0 heterocycles. The SMILES string of the molecule is CN(C)c1cc[c]([Pt]([c]2ccc(N(C)C)cc2)[C@H]2C=CCCC=CC2)cc1. The molecule has 0 saturated heterocycles. The predicted octanol–water partition coefficient (Wildman–Crippen LogP) is 4.47. The molecular formula is C24H31N2Pt. The van der Waals surface area contributed by atoms with Crippen molar-refractivity contribution in [3.05, 3.63) is 72.8 Å². The van der Waals surface area contributed by atoms with E-state index in [0.717, 1.165) is 12.8 Å². The Morgan fingerprint density at radius 1 is 0.667 bits per heavy atom. The minimum absolute atomic E-state index is 0.641. The Labute approximate surface area is 170 Å². The molecular weight excluding hydrogens is 511 g/mol. The Balaban J connectivity index is 1.99. The van der Waals surface area contributed by atoms with Crippen LogP contribution >= 0.6 is 0 Å². The van der Waals surface area contributed by atoms with E-state index < -0.39 is 17.3 Å². The van der Waals surface area contributed by atoms with Gasteiger partial charge < -0.3 is 0 Å². The first kappa shape index (κ1) is 20.0. The minimum atomic E-state index is -1.59. The van der Waals surface area contributed by atoms with Gasteiger partial charge >= 0.3 is 171 Å². The summed E-state index contributed by atoms with van der Waals surface area (Å²) in [5.41, 5.74) is 2.54. The second-order valence-corrected chi connectivity index (χ2v) is 13.3. The Morgan fingerprint density at radius 2 is 1.15 bits per heavy atom. The van der Waals surface area contributed by atoms with Crippen LogP contribution in [0.2, 0.25) is 4.31 Å². The molecule has 0 radical (unpaired) electrons. The van der Waals surface area contributed by atoms with Gasteiger partial charge in [0.15, 0.2) is 0 Å². The number of allylic oxidation sites excluding steroid dienone is 4. The van der Waals surface area contributed by atoms with Crippen LogP contribution in [0.1, 0.15) is 19.3 Å². The van der Waals surface area contributed by atoms with Gasteiger partial charge in [-0.05, 0) is 0 Å². The molecule has 3 rings (SSSR count). The van der Waals surface area contributed by atoms with Crippen molar-refractivity contribution >= 4 is 19.3 Å². The molecule has 0 saturated carbocycles. The van der Waals surface area contributed by atoms with Crippen LogP contribution in [-0.4, -0.2) is 28.2 Å². The summed E-state index contributed by atoms with van der Waals surface area (Å²) >= 11 is -1.59. The van der Waals surface area contributed by atoms with E-state index in [2.05, 4.69) is 111 Å². The van der Waals surface area contributed by atoms with Gasteiger partial charge in [-0.1, -0.05) is 0 Å². The van der Waals surface area contributed by atoms with Crippen molar-refractivity contribution in [2.24, 2.45) is 0 Å². The number of rotatable bonds is 5. The second-order valence-electron chi connectivity index (χ2n) is 7.11. The first-order valence-electron chi connectivity index (χ1n) is 9.51. The number of benzene rings is 2. The summed E-state index contributed by atoms with van der Waals surface area (Å²) in [5.74, 6) is 0. The Morgan fingerprint density at radius 3 is 1.63 bits per heavy atom. The summed E-state index contributed by atoms with van der Waals surface area (Å²) in [5, 5.41) is 0. The molecule has 0 bridgehead atoms. The molecule has 0 spiro atoms. The van der Waals surface area contributed by atoms with Gasteiger partial charge in [0, 0.05) is 0 Å². The standard InChI is InChI=1S/2C8H10N.C8H11.Pt/c2*1-9(2)8-6-4-3-5-7-8;1-2-4-6-8-7-5-3-1;/h2*4-7H,1-2H3;1-3,6,8H,4-5,7H2;. The normalized spacial score (nSPS) is 17.2. The van der Waals surface area contributed by atoms with E-state index >= 15 is 0 Å². The van der Waals surface area contributed by atoms with Gasteiger partial charge in [-0.15, -0.1) is 0 Å². The van der Waals surface area contributed by atoms with E-state index in [4.69, 9.17) is 0 Å². The van der Waals surface area contributed by atoms with Crippen LogP contribution in [-0.2, 0) is 17.3 Å². The molecule has 147 valence electrons. The van der Waals surface area contributed by atoms with Crippen LogP contribution < -0.4 is 17.7 Å². The van der Waals surface area contributed by atoms with Crippen LogP contribution in [0.4, 0.5) is 11.4 Å². The average molecular weight is 543 g/mol. The Kier molecular flexibility index (Phi) is 6.96. The number of hydrogen-bond donors (Lipinski definition) is 0. The van der Waals surface area contributed by atoms with Crippen molar-refractivity contribution in [1.82, 2.24) is 0 Å². The van der Waals surface area contributed by atoms with Crippen LogP contribution in [0.3, 0.4) is 0 Å². The molecule has 0 fully saturated rings. The maximum absolute atomic E-state index is 2.51. The fourth-order valence-corrected chi connectivity index (χ4v) is 9.72. The van der Waals surface area contributed by atoms with E-state index in [0.29, 0.717) is 4.31 Å². The number of nitrogens with zero attached hydrogens (tertiary/aromatic N) is 2. The van der Waals surface area contributed by atoms with Gasteiger partial charge in [0.2, 0.25) is 0 Å². The molecule has 27 heavy (non-hydrogen) atoms. The fraction of sp³-hybridized carbons (Fsp3) is 0.333. The molecule has 1 atom stereocenters. The summed E-state index contributed by atoms with van der Waals surface area (Å²) in [6.07, 6.45) is 13.2. The molecule has 0 N–H and O–H groups in total. The van der Waals surface area contributed by atoms with E-state index in [1.54, 1.807) is 7.91 Å². The topological polar surface area (TPSA) is 6.48 Å². The van der Waals surface area contributed by atoms with Gasteiger partial charge in [-0.2, -0.15) is 0 Å². The third-order valence-electron chi connectivity index (χ3n) is 4.62. The van der Waals surface area contributed by atoms with Gasteiger partial charge in [0.25, 0.3) is 0 Å². The Bertz CT molecular complexity index is 722. The molecule has 2 aromatic carbocycles. The fourth-order valence-electron chi connectivity index (χ4n) is 3.04. The molecule has 2 aromatic rings. The molecule has 0 unspecified atom stereocenters. The first-order valence-corrected chi connectivity index (χ1v) is 13.1. The van der Waals surface area contributed by atoms with Crippen molar-refractivity contribution in [1.29, 1.82) is 0 Å². The van der Waals surface area contributed by atoms with Crippen LogP contribution in [0.25, 0.3) is 0 Å². The molecule has 1 aliphatic rings. The summed E-state index contributed by atoms with van der Waals surface area (Å²) in [6, 6.07) is 18.6.